The number of nitrogens with zero attached hydrogens (tertiary/aromatic N) is 2. The van der Waals surface area contributed by atoms with Crippen molar-refractivity contribution in [3.63, 3.8) is 0 Å². The summed E-state index contributed by atoms with van der Waals surface area (Å²) < 4.78 is 0. The molecule has 2 aliphatic heterocycles. The van der Waals surface area contributed by atoms with Crippen molar-refractivity contribution in [2.45, 2.75) is 50.4 Å². The van der Waals surface area contributed by atoms with Gasteiger partial charge >= 0.3 is 0 Å². The summed E-state index contributed by atoms with van der Waals surface area (Å²) in [5, 5.41) is 7.87. The number of hydrogen-bond acceptors (Lipinski definition) is 4. The predicted octanol–water partition coefficient (Wildman–Crippen LogP) is 2.20. The lowest BCUT2D eigenvalue weighted by molar-refractivity contribution is -0.131. The van der Waals surface area contributed by atoms with Crippen LogP contribution in [0.15, 0.2) is 16.8 Å². The molecule has 3 heterocycles. The molecule has 2 saturated heterocycles. The van der Waals surface area contributed by atoms with E-state index in [1.807, 2.05) is 0 Å². The molecule has 0 aromatic carbocycles. The third kappa shape index (κ3) is 2.31. The first-order valence-electron chi connectivity index (χ1n) is 8.04. The molecule has 1 aromatic heterocycles. The number of nitrogens with one attached hydrogen (secondary N) is 1. The number of amides is 1. The second-order valence-corrected chi connectivity index (χ2v) is 7.52. The maximum absolute atomic E-state index is 12.8. The topological polar surface area (TPSA) is 35.6 Å². The Hall–Kier alpha value is -0.910. The Morgan fingerprint density at radius 3 is 2.81 bits per heavy atom. The van der Waals surface area contributed by atoms with E-state index >= 15 is 0 Å². The summed E-state index contributed by atoms with van der Waals surface area (Å²) in [4.78, 5) is 17.4. The maximum atomic E-state index is 12.8. The molecular weight excluding hydrogens is 282 g/mol. The molecule has 1 aliphatic carbocycles. The summed E-state index contributed by atoms with van der Waals surface area (Å²) in [5.41, 5.74) is 1.02. The minimum Gasteiger partial charge on any atom is -0.320 e. The average molecular weight is 305 g/mol. The molecule has 4 rings (SSSR count). The van der Waals surface area contributed by atoms with E-state index in [1.165, 1.54) is 31.5 Å². The lowest BCUT2D eigenvalue weighted by Gasteiger charge is -2.31. The van der Waals surface area contributed by atoms with Crippen LogP contribution in [0.25, 0.3) is 0 Å². The van der Waals surface area contributed by atoms with Crippen molar-refractivity contribution in [2.75, 3.05) is 19.6 Å². The molecule has 1 spiro atoms. The summed E-state index contributed by atoms with van der Waals surface area (Å²) in [6.07, 6.45) is 4.68. The second-order valence-electron chi connectivity index (χ2n) is 6.74. The second kappa shape index (κ2) is 5.07. The zero-order valence-corrected chi connectivity index (χ0v) is 13.4. The van der Waals surface area contributed by atoms with Crippen molar-refractivity contribution < 1.29 is 4.79 Å². The van der Waals surface area contributed by atoms with Gasteiger partial charge in [-0.05, 0) is 68.1 Å². The summed E-state index contributed by atoms with van der Waals surface area (Å²) in [6, 6.07) is 2.60. The van der Waals surface area contributed by atoms with Gasteiger partial charge in [-0.2, -0.15) is 11.3 Å². The van der Waals surface area contributed by atoms with Crippen molar-refractivity contribution in [3.8, 4) is 0 Å². The van der Waals surface area contributed by atoms with E-state index < -0.39 is 0 Å². The molecule has 0 radical (unpaired) electrons. The zero-order chi connectivity index (χ0) is 14.4. The summed E-state index contributed by atoms with van der Waals surface area (Å²) in [7, 11) is 0. The van der Waals surface area contributed by atoms with Crippen LogP contribution in [-0.4, -0.2) is 46.9 Å². The highest BCUT2D eigenvalue weighted by Gasteiger charge is 2.59. The number of likely N-dealkylation sites (tertiary alicyclic amines) is 1. The molecule has 2 unspecified atom stereocenters. The maximum Gasteiger partial charge on any atom is 0.244 e. The van der Waals surface area contributed by atoms with Gasteiger partial charge in [-0.15, -0.1) is 0 Å². The smallest absolute Gasteiger partial charge is 0.244 e. The summed E-state index contributed by atoms with van der Waals surface area (Å²) in [6.45, 7) is 5.48. The first-order valence-corrected chi connectivity index (χ1v) is 8.99. The molecule has 1 aromatic rings. The van der Waals surface area contributed by atoms with Gasteiger partial charge in [0.1, 0.15) is 11.7 Å². The van der Waals surface area contributed by atoms with Gasteiger partial charge in [0.2, 0.25) is 5.91 Å². The van der Waals surface area contributed by atoms with Gasteiger partial charge in [-0.25, -0.2) is 0 Å². The number of thiophene rings is 1. The van der Waals surface area contributed by atoms with E-state index in [-0.39, 0.29) is 11.7 Å². The van der Waals surface area contributed by atoms with E-state index in [2.05, 4.69) is 38.9 Å². The van der Waals surface area contributed by atoms with Crippen molar-refractivity contribution >= 4 is 17.2 Å². The molecule has 1 saturated carbocycles. The fraction of sp³-hybridized carbons (Fsp3) is 0.688. The molecule has 3 fully saturated rings. The Morgan fingerprint density at radius 1 is 1.43 bits per heavy atom. The predicted molar refractivity (Wildman–Crippen MR) is 84.1 cm³/mol. The van der Waals surface area contributed by atoms with Gasteiger partial charge in [0.15, 0.2) is 0 Å². The van der Waals surface area contributed by atoms with E-state index in [4.69, 9.17) is 0 Å². The first-order chi connectivity index (χ1) is 10.2. The molecule has 114 valence electrons. The molecule has 3 aliphatic rings. The highest BCUT2D eigenvalue weighted by Crippen LogP contribution is 2.46. The van der Waals surface area contributed by atoms with Crippen LogP contribution < -0.4 is 5.32 Å². The molecule has 1 N–H and O–H groups in total. The van der Waals surface area contributed by atoms with E-state index in [1.54, 1.807) is 11.3 Å². The van der Waals surface area contributed by atoms with Crippen LogP contribution in [0.4, 0.5) is 0 Å². The van der Waals surface area contributed by atoms with E-state index in [0.717, 1.165) is 19.4 Å². The van der Waals surface area contributed by atoms with Crippen LogP contribution in [0.2, 0.25) is 0 Å². The SMILES string of the molecule is CC(CN1C(=O)C2(CC2)NC1c1ccsc1)N1CCCC1. The molecule has 2 atom stereocenters. The normalized spacial score (nSPS) is 29.5. The fourth-order valence-electron chi connectivity index (χ4n) is 3.74. The molecular formula is C16H23N3OS. The van der Waals surface area contributed by atoms with Crippen LogP contribution in [-0.2, 0) is 4.79 Å². The van der Waals surface area contributed by atoms with Gasteiger partial charge in [0.05, 0.1) is 0 Å². The van der Waals surface area contributed by atoms with Gasteiger partial charge in [-0.3, -0.25) is 15.0 Å². The Balaban J connectivity index is 1.53. The van der Waals surface area contributed by atoms with Crippen LogP contribution in [0.5, 0.6) is 0 Å². The van der Waals surface area contributed by atoms with Crippen molar-refractivity contribution in [3.05, 3.63) is 22.4 Å². The van der Waals surface area contributed by atoms with Crippen LogP contribution in [0, 0.1) is 0 Å². The Labute approximate surface area is 130 Å². The lowest BCUT2D eigenvalue weighted by atomic mass is 10.2. The number of carbonyl (C=O) groups excluding carboxylic acids is 1. The Bertz CT molecular complexity index is 520. The molecule has 4 nitrogen and oxygen atoms in total. The Morgan fingerprint density at radius 2 is 2.19 bits per heavy atom. The van der Waals surface area contributed by atoms with Crippen LogP contribution in [0.1, 0.15) is 44.3 Å². The van der Waals surface area contributed by atoms with Crippen LogP contribution >= 0.6 is 11.3 Å². The Kier molecular flexibility index (Phi) is 3.32. The van der Waals surface area contributed by atoms with Gasteiger partial charge in [-0.1, -0.05) is 0 Å². The third-order valence-electron chi connectivity index (χ3n) is 5.23. The first kappa shape index (κ1) is 13.7. The highest BCUT2D eigenvalue weighted by atomic mass is 32.1. The van der Waals surface area contributed by atoms with E-state index in [0.29, 0.717) is 11.9 Å². The third-order valence-corrected chi connectivity index (χ3v) is 5.93. The summed E-state index contributed by atoms with van der Waals surface area (Å²) in [5.74, 6) is 0.324. The van der Waals surface area contributed by atoms with E-state index in [9.17, 15) is 4.79 Å². The van der Waals surface area contributed by atoms with Crippen molar-refractivity contribution in [1.82, 2.24) is 15.1 Å². The monoisotopic (exact) mass is 305 g/mol. The van der Waals surface area contributed by atoms with Crippen molar-refractivity contribution in [2.24, 2.45) is 0 Å². The number of hydrogen-bond donors (Lipinski definition) is 1. The van der Waals surface area contributed by atoms with Crippen molar-refractivity contribution in [1.29, 1.82) is 0 Å². The van der Waals surface area contributed by atoms with Crippen LogP contribution in [0.3, 0.4) is 0 Å². The minimum atomic E-state index is -0.225. The standard InChI is InChI=1S/C16H23N3OS/c1-12(18-7-2-3-8-18)10-19-14(13-4-9-21-11-13)17-16(5-6-16)15(19)20/h4,9,11-12,14,17H,2-3,5-8,10H2,1H3. The molecule has 21 heavy (non-hydrogen) atoms. The summed E-state index contributed by atoms with van der Waals surface area (Å²) >= 11 is 1.71. The lowest BCUT2D eigenvalue weighted by Crippen LogP contribution is -2.43. The number of carbonyl (C=O) groups is 1. The van der Waals surface area contributed by atoms with Gasteiger partial charge in [0.25, 0.3) is 0 Å². The van der Waals surface area contributed by atoms with Gasteiger partial charge in [0, 0.05) is 12.6 Å². The minimum absolute atomic E-state index is 0.0799. The highest BCUT2D eigenvalue weighted by molar-refractivity contribution is 7.07. The fourth-order valence-corrected chi connectivity index (χ4v) is 4.42. The quantitative estimate of drug-likeness (QED) is 0.926. The largest absolute Gasteiger partial charge is 0.320 e. The van der Waals surface area contributed by atoms with Gasteiger partial charge < -0.3 is 4.90 Å². The number of rotatable bonds is 4. The zero-order valence-electron chi connectivity index (χ0n) is 12.5. The average Bonchev–Trinajstić information content (AvgIpc) is 2.94. The molecule has 0 bridgehead atoms. The molecule has 5 heteroatoms. The molecule has 1 amide bonds.